The van der Waals surface area contributed by atoms with Crippen molar-refractivity contribution >= 4 is 11.7 Å². The first-order valence-corrected chi connectivity index (χ1v) is 5.71. The summed E-state index contributed by atoms with van der Waals surface area (Å²) in [5.41, 5.74) is 7.52. The van der Waals surface area contributed by atoms with Crippen LogP contribution in [0.25, 0.3) is 0 Å². The van der Waals surface area contributed by atoms with Gasteiger partial charge in [0.05, 0.1) is 5.69 Å². The van der Waals surface area contributed by atoms with Crippen LogP contribution < -0.4 is 10.5 Å². The smallest absolute Gasteiger partial charge is 0.339 e. The summed E-state index contributed by atoms with van der Waals surface area (Å²) in [5, 5.41) is 13.4. The van der Waals surface area contributed by atoms with Crippen molar-refractivity contribution in [3.8, 4) is 11.5 Å². The van der Waals surface area contributed by atoms with Crippen LogP contribution in [0.3, 0.4) is 0 Å². The largest absolute Gasteiger partial charge is 0.478 e. The fraction of sp³-hybridized carbons (Fsp3) is 0.231. The average molecular weight is 261 g/mol. The molecule has 0 aliphatic rings. The maximum absolute atomic E-state index is 11.2. The summed E-state index contributed by atoms with van der Waals surface area (Å²) in [5.74, 6) is -0.267. The van der Waals surface area contributed by atoms with Gasteiger partial charge in [0.15, 0.2) is 5.75 Å². The number of nitrogens with two attached hydrogens (primary N) is 1. The van der Waals surface area contributed by atoms with E-state index in [0.717, 1.165) is 5.69 Å². The number of rotatable bonds is 3. The van der Waals surface area contributed by atoms with E-state index >= 15 is 0 Å². The monoisotopic (exact) mass is 261 g/mol. The first kappa shape index (κ1) is 12.9. The van der Waals surface area contributed by atoms with Gasteiger partial charge in [-0.15, -0.1) is 0 Å². The molecular formula is C13H15N3O3. The van der Waals surface area contributed by atoms with Crippen molar-refractivity contribution in [2.24, 2.45) is 7.05 Å². The number of hydrogen-bond donors (Lipinski definition) is 2. The van der Waals surface area contributed by atoms with Crippen LogP contribution in [-0.2, 0) is 7.05 Å². The topological polar surface area (TPSA) is 90.4 Å². The third kappa shape index (κ3) is 2.37. The molecule has 1 heterocycles. The second-order valence-corrected chi connectivity index (χ2v) is 4.29. The second-order valence-electron chi connectivity index (χ2n) is 4.29. The van der Waals surface area contributed by atoms with Crippen molar-refractivity contribution < 1.29 is 14.6 Å². The number of aryl methyl sites for hydroxylation is 2. The molecule has 19 heavy (non-hydrogen) atoms. The molecule has 100 valence electrons. The summed E-state index contributed by atoms with van der Waals surface area (Å²) in [7, 11) is 1.80. The molecule has 0 bridgehead atoms. The van der Waals surface area contributed by atoms with E-state index < -0.39 is 5.97 Å². The highest BCUT2D eigenvalue weighted by Gasteiger charge is 2.17. The van der Waals surface area contributed by atoms with Crippen molar-refractivity contribution in [2.75, 3.05) is 5.73 Å². The van der Waals surface area contributed by atoms with Crippen molar-refractivity contribution in [3.63, 3.8) is 0 Å². The van der Waals surface area contributed by atoms with Gasteiger partial charge in [-0.3, -0.25) is 4.68 Å². The number of aromatic carboxylic acids is 1. The first-order valence-electron chi connectivity index (χ1n) is 5.71. The quantitative estimate of drug-likeness (QED) is 0.826. The zero-order chi connectivity index (χ0) is 14.2. The first-order chi connectivity index (χ1) is 8.90. The highest BCUT2D eigenvalue weighted by atomic mass is 16.5. The van der Waals surface area contributed by atoms with Gasteiger partial charge in [0, 0.05) is 12.7 Å². The molecule has 0 spiro atoms. The number of ether oxygens (including phenoxy) is 1. The van der Waals surface area contributed by atoms with E-state index in [4.69, 9.17) is 15.6 Å². The van der Waals surface area contributed by atoms with E-state index in [1.165, 1.54) is 6.07 Å². The van der Waals surface area contributed by atoms with Crippen LogP contribution in [-0.4, -0.2) is 20.9 Å². The minimum atomic E-state index is -1.08. The maximum Gasteiger partial charge on any atom is 0.339 e. The molecule has 2 aromatic rings. The number of carboxylic acids is 1. The van der Waals surface area contributed by atoms with Crippen LogP contribution in [0.1, 0.15) is 21.7 Å². The lowest BCUT2D eigenvalue weighted by molar-refractivity contribution is 0.0694. The normalized spacial score (nSPS) is 10.5. The van der Waals surface area contributed by atoms with Crippen molar-refractivity contribution in [3.05, 3.63) is 35.2 Å². The number of anilines is 1. The summed E-state index contributed by atoms with van der Waals surface area (Å²) in [6, 6.07) is 4.52. The molecule has 2 rings (SSSR count). The summed E-state index contributed by atoms with van der Waals surface area (Å²) in [6.45, 7) is 3.66. The number of benzene rings is 1. The van der Waals surface area contributed by atoms with Gasteiger partial charge >= 0.3 is 5.97 Å². The fourth-order valence-corrected chi connectivity index (χ4v) is 1.82. The lowest BCUT2D eigenvalue weighted by Crippen LogP contribution is -2.02. The third-order valence-electron chi connectivity index (χ3n) is 2.89. The molecule has 1 aromatic heterocycles. The number of carbonyl (C=O) groups is 1. The Morgan fingerprint density at radius 2 is 2.11 bits per heavy atom. The minimum absolute atomic E-state index is 0.0302. The van der Waals surface area contributed by atoms with Crippen molar-refractivity contribution in [2.45, 2.75) is 13.8 Å². The lowest BCUT2D eigenvalue weighted by atomic mass is 10.2. The summed E-state index contributed by atoms with van der Waals surface area (Å²) < 4.78 is 7.37. The predicted molar refractivity (Wildman–Crippen MR) is 70.6 cm³/mol. The standard InChI is InChI=1S/C13H15N3O3/c1-7-12(8(2)16(3)15-7)19-11-5-4-9(14)6-10(11)13(17)18/h4-6H,14H2,1-3H3,(H,17,18). The Morgan fingerprint density at radius 1 is 1.42 bits per heavy atom. The molecule has 6 nitrogen and oxygen atoms in total. The van der Waals surface area contributed by atoms with Crippen LogP contribution in [0.2, 0.25) is 0 Å². The van der Waals surface area contributed by atoms with Crippen LogP contribution in [0.4, 0.5) is 5.69 Å². The van der Waals surface area contributed by atoms with E-state index in [2.05, 4.69) is 5.10 Å². The number of hydrogen-bond acceptors (Lipinski definition) is 4. The van der Waals surface area contributed by atoms with Crippen LogP contribution >= 0.6 is 0 Å². The van der Waals surface area contributed by atoms with Crippen LogP contribution in [0.5, 0.6) is 11.5 Å². The number of nitrogens with zero attached hydrogens (tertiary/aromatic N) is 2. The molecule has 1 aromatic carbocycles. The Bertz CT molecular complexity index is 647. The molecule has 3 N–H and O–H groups in total. The summed E-state index contributed by atoms with van der Waals surface area (Å²) in [6.07, 6.45) is 0. The highest BCUT2D eigenvalue weighted by Crippen LogP contribution is 2.31. The Hall–Kier alpha value is -2.50. The zero-order valence-electron chi connectivity index (χ0n) is 11.0. The third-order valence-corrected chi connectivity index (χ3v) is 2.89. The highest BCUT2D eigenvalue weighted by molar-refractivity contribution is 5.92. The second kappa shape index (κ2) is 4.64. The lowest BCUT2D eigenvalue weighted by Gasteiger charge is -2.09. The van der Waals surface area contributed by atoms with Gasteiger partial charge in [-0.1, -0.05) is 0 Å². The van der Waals surface area contributed by atoms with E-state index in [-0.39, 0.29) is 11.3 Å². The predicted octanol–water partition coefficient (Wildman–Crippen LogP) is 2.11. The molecule has 6 heteroatoms. The van der Waals surface area contributed by atoms with E-state index in [9.17, 15) is 4.79 Å². The van der Waals surface area contributed by atoms with Gasteiger partial charge < -0.3 is 15.6 Å². The van der Waals surface area contributed by atoms with Crippen LogP contribution in [0.15, 0.2) is 18.2 Å². The molecule has 0 atom stereocenters. The maximum atomic E-state index is 11.2. The average Bonchev–Trinajstić information content (AvgIpc) is 2.57. The van der Waals surface area contributed by atoms with Gasteiger partial charge in [-0.2, -0.15) is 5.10 Å². The molecule has 0 radical (unpaired) electrons. The number of nitrogen functional groups attached to an aromatic ring is 1. The molecule has 0 saturated heterocycles. The van der Waals surface area contributed by atoms with E-state index in [1.54, 1.807) is 30.8 Å². The van der Waals surface area contributed by atoms with Gasteiger partial charge in [-0.25, -0.2) is 4.79 Å². The molecular weight excluding hydrogens is 246 g/mol. The van der Waals surface area contributed by atoms with Gasteiger partial charge in [0.2, 0.25) is 0 Å². The van der Waals surface area contributed by atoms with E-state index in [0.29, 0.717) is 17.1 Å². The molecule has 0 saturated carbocycles. The zero-order valence-corrected chi connectivity index (χ0v) is 11.0. The van der Waals surface area contributed by atoms with Gasteiger partial charge in [0.25, 0.3) is 0 Å². The van der Waals surface area contributed by atoms with Gasteiger partial charge in [-0.05, 0) is 32.0 Å². The number of carboxylic acid groups (broad SMARTS) is 1. The Labute approximate surface area is 110 Å². The molecule has 0 aliphatic heterocycles. The molecule has 0 aliphatic carbocycles. The Balaban J connectivity index is 2.46. The fourth-order valence-electron chi connectivity index (χ4n) is 1.82. The van der Waals surface area contributed by atoms with Crippen LogP contribution in [0, 0.1) is 13.8 Å². The Kier molecular flexibility index (Phi) is 3.16. The van der Waals surface area contributed by atoms with Crippen molar-refractivity contribution in [1.82, 2.24) is 9.78 Å². The Morgan fingerprint density at radius 3 is 2.63 bits per heavy atom. The molecule has 0 fully saturated rings. The molecule has 0 unspecified atom stereocenters. The molecule has 0 amide bonds. The van der Waals surface area contributed by atoms with Gasteiger partial charge in [0.1, 0.15) is 17.0 Å². The number of aromatic nitrogens is 2. The minimum Gasteiger partial charge on any atom is -0.478 e. The van der Waals surface area contributed by atoms with Crippen molar-refractivity contribution in [1.29, 1.82) is 0 Å². The summed E-state index contributed by atoms with van der Waals surface area (Å²) in [4.78, 5) is 11.2. The summed E-state index contributed by atoms with van der Waals surface area (Å²) >= 11 is 0. The van der Waals surface area contributed by atoms with E-state index in [1.807, 2.05) is 6.92 Å². The SMILES string of the molecule is Cc1nn(C)c(C)c1Oc1ccc(N)cc1C(=O)O.